The standard InChI is InChI=1S/C17H28N5O9P/c1-4-8(23)32(28,29)31-17(3,5-2)6-7-10(24)11(25)14(30-7)22-12-9(19-16(22)27)13(26)21-15(18)20-12/h7-8,10-11,14,23-25H,4-6H2,1-3H3,(H,19,27)(H,28,29)(H3,18,20,21,26)/t7-,8?,10-,11-,14-,17?/m1/s1. The van der Waals surface area contributed by atoms with Gasteiger partial charge < -0.3 is 35.2 Å². The van der Waals surface area contributed by atoms with Crippen LogP contribution in [0.1, 0.15) is 46.3 Å². The van der Waals surface area contributed by atoms with E-state index >= 15 is 0 Å². The second kappa shape index (κ2) is 8.71. The second-order valence-electron chi connectivity index (χ2n) is 8.05. The van der Waals surface area contributed by atoms with Crippen molar-refractivity contribution in [2.24, 2.45) is 0 Å². The molecule has 14 nitrogen and oxygen atoms in total. The largest absolute Gasteiger partial charge is 0.388 e. The first kappa shape index (κ1) is 24.6. The van der Waals surface area contributed by atoms with Crippen molar-refractivity contribution < 1.29 is 34.0 Å². The molecular weight excluding hydrogens is 449 g/mol. The Balaban J connectivity index is 1.91. The minimum atomic E-state index is -4.39. The lowest BCUT2D eigenvalue weighted by Gasteiger charge is -2.34. The molecule has 3 unspecified atom stereocenters. The summed E-state index contributed by atoms with van der Waals surface area (Å²) in [5, 5.41) is 30.9. The SMILES string of the molecule is CCC(O)P(=O)(O)OC(C)(CC)C[C@H]1O[C@@H](n2c(=O)[nH]c3c(=O)[nH]c(N)nc32)[C@H](O)[C@@H]1O. The molecule has 0 saturated carbocycles. The van der Waals surface area contributed by atoms with Crippen LogP contribution < -0.4 is 17.0 Å². The molecule has 3 heterocycles. The average molecular weight is 477 g/mol. The zero-order chi connectivity index (χ0) is 24.0. The molecule has 0 radical (unpaired) electrons. The molecule has 7 atom stereocenters. The molecule has 0 spiro atoms. The van der Waals surface area contributed by atoms with Gasteiger partial charge in [-0.15, -0.1) is 0 Å². The summed E-state index contributed by atoms with van der Waals surface area (Å²) in [6.07, 6.45) is -5.57. The number of aliphatic hydroxyl groups is 3. The first-order chi connectivity index (χ1) is 14.8. The van der Waals surface area contributed by atoms with E-state index in [1.54, 1.807) is 6.92 Å². The lowest BCUT2D eigenvalue weighted by molar-refractivity contribution is -0.0677. The van der Waals surface area contributed by atoms with Gasteiger partial charge >= 0.3 is 13.3 Å². The maximum atomic E-state index is 12.5. The second-order valence-corrected chi connectivity index (χ2v) is 9.95. The van der Waals surface area contributed by atoms with Crippen molar-refractivity contribution in [1.82, 2.24) is 19.5 Å². The lowest BCUT2D eigenvalue weighted by atomic mass is 9.93. The van der Waals surface area contributed by atoms with Gasteiger partial charge in [-0.05, 0) is 19.8 Å². The maximum absolute atomic E-state index is 12.5. The molecule has 0 bridgehead atoms. The molecule has 1 aliphatic rings. The monoisotopic (exact) mass is 477 g/mol. The summed E-state index contributed by atoms with van der Waals surface area (Å²) >= 11 is 0. The molecule has 0 amide bonds. The van der Waals surface area contributed by atoms with Crippen molar-refractivity contribution in [2.75, 3.05) is 5.73 Å². The molecular formula is C17H28N5O9P. The van der Waals surface area contributed by atoms with E-state index in [2.05, 4.69) is 15.0 Å². The first-order valence-corrected chi connectivity index (χ1v) is 11.7. The highest BCUT2D eigenvalue weighted by molar-refractivity contribution is 7.53. The molecule has 0 aliphatic carbocycles. The number of nitrogens with zero attached hydrogens (tertiary/aromatic N) is 2. The molecule has 180 valence electrons. The van der Waals surface area contributed by atoms with Crippen LogP contribution in [0.5, 0.6) is 0 Å². The molecule has 1 fully saturated rings. The van der Waals surface area contributed by atoms with Crippen LogP contribution in [0.25, 0.3) is 11.2 Å². The fourth-order valence-corrected chi connectivity index (χ4v) is 5.07. The minimum Gasteiger partial charge on any atom is -0.388 e. The number of aliphatic hydroxyl groups excluding tert-OH is 3. The van der Waals surface area contributed by atoms with Crippen LogP contribution in [0.15, 0.2) is 9.59 Å². The Morgan fingerprint density at radius 1 is 1.31 bits per heavy atom. The topological polar surface area (TPSA) is 226 Å². The van der Waals surface area contributed by atoms with Crippen LogP contribution in [0.4, 0.5) is 5.95 Å². The molecule has 32 heavy (non-hydrogen) atoms. The van der Waals surface area contributed by atoms with E-state index in [4.69, 9.17) is 15.0 Å². The Bertz CT molecular complexity index is 1150. The quantitative estimate of drug-likeness (QED) is 0.231. The number of hydrogen-bond donors (Lipinski definition) is 7. The van der Waals surface area contributed by atoms with Gasteiger partial charge in [0.15, 0.2) is 23.2 Å². The number of nitrogens with one attached hydrogen (secondary N) is 2. The van der Waals surface area contributed by atoms with Crippen LogP contribution in [0, 0.1) is 0 Å². The summed E-state index contributed by atoms with van der Waals surface area (Å²) in [7, 11) is -4.39. The third-order valence-corrected chi connectivity index (χ3v) is 7.48. The minimum absolute atomic E-state index is 0.00431. The zero-order valence-corrected chi connectivity index (χ0v) is 18.7. The Labute approximate surface area is 181 Å². The van der Waals surface area contributed by atoms with Crippen LogP contribution in [-0.4, -0.2) is 69.5 Å². The number of ether oxygens (including phenoxy) is 1. The number of hydrogen-bond acceptors (Lipinski definition) is 10. The van der Waals surface area contributed by atoms with Crippen molar-refractivity contribution in [3.8, 4) is 0 Å². The van der Waals surface area contributed by atoms with Gasteiger partial charge in [0.25, 0.3) is 5.56 Å². The number of imidazole rings is 1. The third kappa shape index (κ3) is 4.39. The number of fused-ring (bicyclic) bond motifs is 1. The summed E-state index contributed by atoms with van der Waals surface area (Å²) in [6, 6.07) is 0. The fraction of sp³-hybridized carbons (Fsp3) is 0.706. The number of rotatable bonds is 8. The highest BCUT2D eigenvalue weighted by atomic mass is 31.2. The molecule has 1 saturated heterocycles. The molecule has 2 aromatic rings. The average Bonchev–Trinajstić information content (AvgIpc) is 3.17. The number of nitrogen functional groups attached to an aromatic ring is 1. The van der Waals surface area contributed by atoms with Crippen molar-refractivity contribution in [3.63, 3.8) is 0 Å². The molecule has 1 aliphatic heterocycles. The van der Waals surface area contributed by atoms with E-state index in [-0.39, 0.29) is 36.4 Å². The summed E-state index contributed by atoms with van der Waals surface area (Å²) < 4.78 is 24.3. The molecule has 2 aromatic heterocycles. The Morgan fingerprint density at radius 3 is 2.56 bits per heavy atom. The summed E-state index contributed by atoms with van der Waals surface area (Å²) in [4.78, 5) is 43.0. The first-order valence-electron chi connectivity index (χ1n) is 10.1. The van der Waals surface area contributed by atoms with Gasteiger partial charge in [0.1, 0.15) is 12.2 Å². The van der Waals surface area contributed by atoms with Gasteiger partial charge in [-0.1, -0.05) is 13.8 Å². The van der Waals surface area contributed by atoms with E-state index in [9.17, 15) is 34.4 Å². The van der Waals surface area contributed by atoms with Crippen LogP contribution in [-0.2, 0) is 13.8 Å². The number of aromatic amines is 2. The van der Waals surface area contributed by atoms with Gasteiger partial charge in [0.2, 0.25) is 5.95 Å². The van der Waals surface area contributed by atoms with Crippen molar-refractivity contribution in [1.29, 1.82) is 0 Å². The summed E-state index contributed by atoms with van der Waals surface area (Å²) in [5.41, 5.74) is 2.36. The number of anilines is 1. The van der Waals surface area contributed by atoms with Crippen LogP contribution in [0.2, 0.25) is 0 Å². The lowest BCUT2D eigenvalue weighted by Crippen LogP contribution is -2.39. The van der Waals surface area contributed by atoms with Gasteiger partial charge in [-0.25, -0.2) is 9.36 Å². The van der Waals surface area contributed by atoms with E-state index in [0.29, 0.717) is 0 Å². The number of aromatic nitrogens is 4. The number of nitrogens with two attached hydrogens (primary N) is 1. The fourth-order valence-electron chi connectivity index (χ4n) is 3.65. The van der Waals surface area contributed by atoms with Gasteiger partial charge in [0, 0.05) is 6.42 Å². The van der Waals surface area contributed by atoms with E-state index < -0.39 is 54.8 Å². The van der Waals surface area contributed by atoms with Crippen molar-refractivity contribution >= 4 is 24.7 Å². The number of H-pyrrole nitrogens is 2. The summed E-state index contributed by atoms with van der Waals surface area (Å²) in [5.74, 6) is -1.85. The van der Waals surface area contributed by atoms with E-state index in [1.807, 2.05) is 0 Å². The highest BCUT2D eigenvalue weighted by Gasteiger charge is 2.49. The van der Waals surface area contributed by atoms with Crippen LogP contribution in [0.3, 0.4) is 0 Å². The van der Waals surface area contributed by atoms with Crippen molar-refractivity contribution in [2.45, 2.75) is 76.0 Å². The van der Waals surface area contributed by atoms with E-state index in [0.717, 1.165) is 4.57 Å². The van der Waals surface area contributed by atoms with Crippen molar-refractivity contribution in [3.05, 3.63) is 20.8 Å². The molecule has 8 N–H and O–H groups in total. The molecule has 0 aromatic carbocycles. The molecule has 3 rings (SSSR count). The predicted octanol–water partition coefficient (Wildman–Crippen LogP) is -0.896. The Morgan fingerprint density at radius 2 is 1.97 bits per heavy atom. The predicted molar refractivity (Wildman–Crippen MR) is 112 cm³/mol. The Kier molecular flexibility index (Phi) is 6.69. The molecule has 15 heteroatoms. The zero-order valence-electron chi connectivity index (χ0n) is 17.8. The highest BCUT2D eigenvalue weighted by Crippen LogP contribution is 2.53. The summed E-state index contributed by atoms with van der Waals surface area (Å²) in [6.45, 7) is 4.71. The van der Waals surface area contributed by atoms with Crippen LogP contribution >= 0.6 is 7.60 Å². The maximum Gasteiger partial charge on any atom is 0.356 e. The normalized spacial score (nSPS) is 28.5. The third-order valence-electron chi connectivity index (χ3n) is 5.66. The Hall–Kier alpha value is -2.06. The van der Waals surface area contributed by atoms with Gasteiger partial charge in [-0.2, -0.15) is 4.98 Å². The smallest absolute Gasteiger partial charge is 0.356 e. The van der Waals surface area contributed by atoms with E-state index in [1.165, 1.54) is 13.8 Å². The van der Waals surface area contributed by atoms with Gasteiger partial charge in [0.05, 0.1) is 11.7 Å². The van der Waals surface area contributed by atoms with Gasteiger partial charge in [-0.3, -0.25) is 19.3 Å².